The van der Waals surface area contributed by atoms with Gasteiger partial charge in [0.1, 0.15) is 5.75 Å². The molecule has 0 spiro atoms. The molecule has 2 amide bonds. The monoisotopic (exact) mass is 359 g/mol. The number of hydrogen-bond acceptors (Lipinski definition) is 3. The molecule has 2 aromatic rings. The van der Waals surface area contributed by atoms with E-state index >= 15 is 0 Å². The van der Waals surface area contributed by atoms with Gasteiger partial charge in [0.25, 0.3) is 0 Å². The minimum absolute atomic E-state index is 0.0874. The summed E-state index contributed by atoms with van der Waals surface area (Å²) in [6.45, 7) is 4.81. The van der Waals surface area contributed by atoms with Gasteiger partial charge in [0.2, 0.25) is 0 Å². The van der Waals surface area contributed by atoms with E-state index in [-0.39, 0.29) is 6.03 Å². The third-order valence-corrected chi connectivity index (χ3v) is 4.90. The maximum atomic E-state index is 12.5. The van der Waals surface area contributed by atoms with Gasteiger partial charge in [-0.3, -0.25) is 0 Å². The van der Waals surface area contributed by atoms with Crippen molar-refractivity contribution < 1.29 is 9.53 Å². The number of piperazine rings is 1. The van der Waals surface area contributed by atoms with Crippen molar-refractivity contribution in [2.24, 2.45) is 0 Å². The molecule has 2 aromatic carbocycles. The molecule has 132 valence electrons. The van der Waals surface area contributed by atoms with E-state index in [1.54, 1.807) is 7.11 Å². The van der Waals surface area contributed by atoms with Crippen molar-refractivity contribution in [2.45, 2.75) is 6.92 Å². The second-order valence-corrected chi connectivity index (χ2v) is 6.43. The van der Waals surface area contributed by atoms with Gasteiger partial charge in [-0.2, -0.15) is 0 Å². The van der Waals surface area contributed by atoms with Crippen molar-refractivity contribution in [1.29, 1.82) is 0 Å². The summed E-state index contributed by atoms with van der Waals surface area (Å²) < 4.78 is 5.28. The molecule has 0 aliphatic carbocycles. The quantitative estimate of drug-likeness (QED) is 0.900. The Balaban J connectivity index is 1.60. The van der Waals surface area contributed by atoms with Crippen LogP contribution >= 0.6 is 11.6 Å². The Bertz CT molecular complexity index is 758. The number of nitrogens with one attached hydrogen (secondary N) is 1. The van der Waals surface area contributed by atoms with Crippen LogP contribution in [-0.2, 0) is 0 Å². The summed E-state index contributed by atoms with van der Waals surface area (Å²) in [6, 6.07) is 13.4. The van der Waals surface area contributed by atoms with Crippen LogP contribution in [0.15, 0.2) is 42.5 Å². The zero-order chi connectivity index (χ0) is 17.8. The van der Waals surface area contributed by atoms with Gasteiger partial charge >= 0.3 is 6.03 Å². The lowest BCUT2D eigenvalue weighted by Crippen LogP contribution is -2.50. The van der Waals surface area contributed by atoms with E-state index in [1.807, 2.05) is 48.2 Å². The highest BCUT2D eigenvalue weighted by atomic mass is 35.5. The summed E-state index contributed by atoms with van der Waals surface area (Å²) in [5.41, 5.74) is 2.75. The van der Waals surface area contributed by atoms with Crippen LogP contribution in [0, 0.1) is 6.92 Å². The van der Waals surface area contributed by atoms with E-state index < -0.39 is 0 Å². The first-order valence-corrected chi connectivity index (χ1v) is 8.66. The number of hydrogen-bond donors (Lipinski definition) is 1. The number of urea groups is 1. The van der Waals surface area contributed by atoms with E-state index in [2.05, 4.69) is 16.3 Å². The molecule has 1 N–H and O–H groups in total. The average molecular weight is 360 g/mol. The van der Waals surface area contributed by atoms with Crippen LogP contribution in [0.25, 0.3) is 0 Å². The van der Waals surface area contributed by atoms with Crippen LogP contribution < -0.4 is 15.0 Å². The summed E-state index contributed by atoms with van der Waals surface area (Å²) >= 11 is 6.11. The molecule has 0 radical (unpaired) electrons. The summed E-state index contributed by atoms with van der Waals surface area (Å²) in [4.78, 5) is 16.6. The van der Waals surface area contributed by atoms with Gasteiger partial charge in [-0.1, -0.05) is 23.7 Å². The molecule has 3 rings (SSSR count). The van der Waals surface area contributed by atoms with Gasteiger partial charge < -0.3 is 19.9 Å². The SMILES string of the molecule is COc1cccc(N2CCN(C(=O)Nc3cccc(Cl)c3C)CC2)c1. The fourth-order valence-corrected chi connectivity index (χ4v) is 3.09. The van der Waals surface area contributed by atoms with Crippen molar-refractivity contribution in [2.75, 3.05) is 43.5 Å². The van der Waals surface area contributed by atoms with Gasteiger partial charge in [0.05, 0.1) is 7.11 Å². The first-order valence-electron chi connectivity index (χ1n) is 8.28. The molecule has 1 heterocycles. The number of rotatable bonds is 3. The molecule has 0 unspecified atom stereocenters. The fraction of sp³-hybridized carbons (Fsp3) is 0.316. The summed E-state index contributed by atoms with van der Waals surface area (Å²) in [6.07, 6.45) is 0. The Morgan fingerprint density at radius 2 is 1.84 bits per heavy atom. The zero-order valence-electron chi connectivity index (χ0n) is 14.5. The molecule has 1 aliphatic rings. The third kappa shape index (κ3) is 3.99. The van der Waals surface area contributed by atoms with E-state index in [0.29, 0.717) is 18.1 Å². The zero-order valence-corrected chi connectivity index (χ0v) is 15.2. The number of amides is 2. The predicted octanol–water partition coefficient (Wildman–Crippen LogP) is 4.01. The predicted molar refractivity (Wildman–Crippen MR) is 102 cm³/mol. The number of methoxy groups -OCH3 is 1. The van der Waals surface area contributed by atoms with Gasteiger partial charge in [-0.25, -0.2) is 4.79 Å². The van der Waals surface area contributed by atoms with Crippen LogP contribution in [0.2, 0.25) is 5.02 Å². The Morgan fingerprint density at radius 1 is 1.12 bits per heavy atom. The lowest BCUT2D eigenvalue weighted by molar-refractivity contribution is 0.208. The summed E-state index contributed by atoms with van der Waals surface area (Å²) in [5, 5.41) is 3.61. The van der Waals surface area contributed by atoms with Crippen LogP contribution in [0.3, 0.4) is 0 Å². The highest BCUT2D eigenvalue weighted by molar-refractivity contribution is 6.31. The molecule has 5 nitrogen and oxygen atoms in total. The fourth-order valence-electron chi connectivity index (χ4n) is 2.91. The number of ether oxygens (including phenoxy) is 1. The molecule has 0 atom stereocenters. The maximum Gasteiger partial charge on any atom is 0.321 e. The largest absolute Gasteiger partial charge is 0.497 e. The Hall–Kier alpha value is -2.40. The summed E-state index contributed by atoms with van der Waals surface area (Å²) in [7, 11) is 1.67. The smallest absolute Gasteiger partial charge is 0.321 e. The number of anilines is 2. The molecule has 0 aromatic heterocycles. The lowest BCUT2D eigenvalue weighted by atomic mass is 10.2. The van der Waals surface area contributed by atoms with E-state index in [1.165, 1.54) is 0 Å². The van der Waals surface area contributed by atoms with Crippen molar-refractivity contribution in [3.63, 3.8) is 0 Å². The number of nitrogens with zero attached hydrogens (tertiary/aromatic N) is 2. The molecule has 1 saturated heterocycles. The maximum absolute atomic E-state index is 12.5. The van der Waals surface area contributed by atoms with Crippen LogP contribution in [0.5, 0.6) is 5.75 Å². The number of benzene rings is 2. The first-order chi connectivity index (χ1) is 12.1. The Morgan fingerprint density at radius 3 is 2.56 bits per heavy atom. The number of carbonyl (C=O) groups is 1. The van der Waals surface area contributed by atoms with Gasteiger partial charge in [0.15, 0.2) is 0 Å². The molecule has 0 saturated carbocycles. The van der Waals surface area contributed by atoms with Crippen LogP contribution in [0.1, 0.15) is 5.56 Å². The second-order valence-electron chi connectivity index (χ2n) is 6.02. The molecule has 0 bridgehead atoms. The van der Waals surface area contributed by atoms with Crippen molar-refractivity contribution in [3.05, 3.63) is 53.1 Å². The van der Waals surface area contributed by atoms with Crippen molar-refractivity contribution >= 4 is 29.0 Å². The van der Waals surface area contributed by atoms with Crippen LogP contribution in [0.4, 0.5) is 16.2 Å². The minimum atomic E-state index is -0.0874. The van der Waals surface area contributed by atoms with E-state index in [4.69, 9.17) is 16.3 Å². The summed E-state index contributed by atoms with van der Waals surface area (Å²) in [5.74, 6) is 0.842. The number of carbonyl (C=O) groups excluding carboxylic acids is 1. The molecule has 1 fully saturated rings. The van der Waals surface area contributed by atoms with Gasteiger partial charge in [0, 0.05) is 48.6 Å². The molecule has 1 aliphatic heterocycles. The average Bonchev–Trinajstić information content (AvgIpc) is 2.65. The topological polar surface area (TPSA) is 44.8 Å². The van der Waals surface area contributed by atoms with Gasteiger partial charge in [-0.05, 0) is 36.8 Å². The standard InChI is InChI=1S/C19H22ClN3O2/c1-14-17(20)7-4-8-18(14)21-19(24)23-11-9-22(10-12-23)15-5-3-6-16(13-15)25-2/h3-8,13H,9-12H2,1-2H3,(H,21,24). The minimum Gasteiger partial charge on any atom is -0.497 e. The molecular formula is C19H22ClN3O2. The highest BCUT2D eigenvalue weighted by Gasteiger charge is 2.22. The van der Waals surface area contributed by atoms with E-state index in [0.717, 1.165) is 35.8 Å². The Kier molecular flexibility index (Phi) is 5.34. The second kappa shape index (κ2) is 7.66. The van der Waals surface area contributed by atoms with E-state index in [9.17, 15) is 4.79 Å². The molecule has 6 heteroatoms. The normalized spacial score (nSPS) is 14.4. The van der Waals surface area contributed by atoms with Crippen LogP contribution in [-0.4, -0.2) is 44.2 Å². The Labute approximate surface area is 153 Å². The van der Waals surface area contributed by atoms with Crippen molar-refractivity contribution in [1.82, 2.24) is 4.90 Å². The van der Waals surface area contributed by atoms with Crippen molar-refractivity contribution in [3.8, 4) is 5.75 Å². The lowest BCUT2D eigenvalue weighted by Gasteiger charge is -2.36. The molecular weight excluding hydrogens is 338 g/mol. The first kappa shape index (κ1) is 17.4. The number of halogens is 1. The van der Waals surface area contributed by atoms with Gasteiger partial charge in [-0.15, -0.1) is 0 Å². The highest BCUT2D eigenvalue weighted by Crippen LogP contribution is 2.24. The molecule has 25 heavy (non-hydrogen) atoms. The third-order valence-electron chi connectivity index (χ3n) is 4.49.